The number of rotatable bonds is 15. The average molecular weight is 548 g/mol. The Morgan fingerprint density at radius 2 is 1.51 bits per heavy atom. The van der Waals surface area contributed by atoms with Gasteiger partial charge in [-0.05, 0) is 55.5 Å². The minimum Gasteiger partial charge on any atom is -0.493 e. The summed E-state index contributed by atoms with van der Waals surface area (Å²) in [6, 6.07) is 9.92. The van der Waals surface area contributed by atoms with Crippen molar-refractivity contribution in [2.75, 3.05) is 27.9 Å². The number of methoxy groups -OCH3 is 3. The van der Waals surface area contributed by atoms with Gasteiger partial charge in [-0.15, -0.1) is 0 Å². The zero-order valence-electron chi connectivity index (χ0n) is 24.0. The van der Waals surface area contributed by atoms with E-state index in [0.29, 0.717) is 29.4 Å². The summed E-state index contributed by atoms with van der Waals surface area (Å²) in [5.41, 5.74) is 4.06. The molecule has 0 aromatic heterocycles. The Bertz CT molecular complexity index is 999. The van der Waals surface area contributed by atoms with E-state index in [1.54, 1.807) is 33.5 Å². The molecular weight excluding hydrogens is 502 g/mol. The number of hydrogen-bond acceptors (Lipinski definition) is 6. The molecule has 206 valence electrons. The van der Waals surface area contributed by atoms with Gasteiger partial charge in [-0.25, -0.2) is 0 Å². The number of carbonyl (C=O) groups is 1. The van der Waals surface area contributed by atoms with Crippen molar-refractivity contribution in [2.24, 2.45) is 5.41 Å². The van der Waals surface area contributed by atoms with E-state index in [-0.39, 0.29) is 23.5 Å². The molecule has 2 aromatic carbocycles. The monoisotopic (exact) mass is 547 g/mol. The second kappa shape index (κ2) is 14.6. The molecule has 1 unspecified atom stereocenters. The fourth-order valence-electron chi connectivity index (χ4n) is 4.40. The number of benzene rings is 2. The van der Waals surface area contributed by atoms with E-state index in [1.165, 1.54) is 16.7 Å². The minimum atomic E-state index is -0.586. The summed E-state index contributed by atoms with van der Waals surface area (Å²) >= 11 is 0. The summed E-state index contributed by atoms with van der Waals surface area (Å²) < 4.78 is 28.4. The molecule has 0 heterocycles. The van der Waals surface area contributed by atoms with Crippen molar-refractivity contribution in [3.05, 3.63) is 52.6 Å². The third-order valence-electron chi connectivity index (χ3n) is 6.85. The van der Waals surface area contributed by atoms with Crippen LogP contribution in [0.25, 0.3) is 0 Å². The Morgan fingerprint density at radius 3 is 2.00 bits per heavy atom. The molecule has 0 bridgehead atoms. The predicted molar refractivity (Wildman–Crippen MR) is 155 cm³/mol. The molecular formula is C28H45NO6Si2. The number of amides is 1. The lowest BCUT2D eigenvalue weighted by Gasteiger charge is -2.35. The summed E-state index contributed by atoms with van der Waals surface area (Å²) in [5, 5.41) is 3.15. The first-order chi connectivity index (χ1) is 17.6. The van der Waals surface area contributed by atoms with Crippen LogP contribution < -0.4 is 19.5 Å². The Hall–Kier alpha value is -2.34. The van der Waals surface area contributed by atoms with Gasteiger partial charge in [-0.3, -0.25) is 4.79 Å². The smallest absolute Gasteiger partial charge is 0.251 e. The van der Waals surface area contributed by atoms with Crippen LogP contribution in [0.4, 0.5) is 0 Å². The number of hydrogen-bond donors (Lipinski definition) is 1. The van der Waals surface area contributed by atoms with Crippen LogP contribution in [-0.2, 0) is 8.85 Å². The molecule has 1 amide bonds. The molecule has 0 aliphatic rings. The third-order valence-corrected chi connectivity index (χ3v) is 8.12. The lowest BCUT2D eigenvalue weighted by atomic mass is 9.81. The van der Waals surface area contributed by atoms with E-state index < -0.39 is 19.5 Å². The summed E-state index contributed by atoms with van der Waals surface area (Å²) in [5.74, 6) is 1.31. The van der Waals surface area contributed by atoms with E-state index in [9.17, 15) is 4.79 Å². The standard InChI is InChI=1S/C28H45NO6Si2/c1-18-10-11-20(14-19(18)2)21(12-13-28(3,4)27(34-36-8)35-37-9)17-29-26(30)22-15-23(31-5)25(33-7)24(16-22)32-6/h10-11,14-16,21,27H,12-13,17,36-37H2,1-9H3,(H,29,30). The molecule has 0 saturated carbocycles. The quantitative estimate of drug-likeness (QED) is 0.265. The zero-order valence-corrected chi connectivity index (χ0v) is 26.9. The van der Waals surface area contributed by atoms with Crippen LogP contribution >= 0.6 is 0 Å². The van der Waals surface area contributed by atoms with Gasteiger partial charge >= 0.3 is 0 Å². The highest BCUT2D eigenvalue weighted by molar-refractivity contribution is 6.26. The SMILES string of the molecule is COc1cc(C(=O)NCC(CCC(C)(C)C(O[SiH2]C)O[SiH2]C)c2ccc(C)c(C)c2)cc(OC)c1OC. The van der Waals surface area contributed by atoms with Crippen molar-refractivity contribution in [1.29, 1.82) is 0 Å². The van der Waals surface area contributed by atoms with Gasteiger partial charge in [0.05, 0.1) is 21.3 Å². The van der Waals surface area contributed by atoms with Crippen LogP contribution in [0.5, 0.6) is 17.2 Å². The fourth-order valence-corrected chi connectivity index (χ4v) is 6.29. The molecule has 7 nitrogen and oxygen atoms in total. The van der Waals surface area contributed by atoms with E-state index in [0.717, 1.165) is 12.8 Å². The lowest BCUT2D eigenvalue weighted by Crippen LogP contribution is -2.37. The second-order valence-corrected chi connectivity index (χ2v) is 11.8. The number of aryl methyl sites for hydroxylation is 2. The van der Waals surface area contributed by atoms with Gasteiger partial charge in [0, 0.05) is 23.4 Å². The topological polar surface area (TPSA) is 75.3 Å². The number of ether oxygens (including phenoxy) is 3. The summed E-state index contributed by atoms with van der Waals surface area (Å²) in [7, 11) is 3.45. The second-order valence-electron chi connectivity index (χ2n) is 9.93. The van der Waals surface area contributed by atoms with Crippen molar-refractivity contribution in [3.63, 3.8) is 0 Å². The predicted octanol–water partition coefficient (Wildman–Crippen LogP) is 4.27. The van der Waals surface area contributed by atoms with Crippen LogP contribution in [0.2, 0.25) is 13.1 Å². The highest BCUT2D eigenvalue weighted by atomic mass is 28.2. The molecule has 1 atom stereocenters. The summed E-state index contributed by atoms with van der Waals surface area (Å²) in [4.78, 5) is 13.2. The molecule has 9 heteroatoms. The first kappa shape index (κ1) is 30.9. The first-order valence-electron chi connectivity index (χ1n) is 13.0. The van der Waals surface area contributed by atoms with Crippen molar-refractivity contribution in [2.45, 2.75) is 65.8 Å². The molecule has 37 heavy (non-hydrogen) atoms. The Balaban J connectivity index is 2.27. The highest BCUT2D eigenvalue weighted by Crippen LogP contribution is 2.38. The lowest BCUT2D eigenvalue weighted by molar-refractivity contribution is -0.0831. The average Bonchev–Trinajstić information content (AvgIpc) is 2.89. The van der Waals surface area contributed by atoms with Gasteiger partial charge in [0.25, 0.3) is 5.91 Å². The third kappa shape index (κ3) is 8.33. The molecule has 0 aliphatic carbocycles. The molecule has 0 radical (unpaired) electrons. The minimum absolute atomic E-state index is 0.120. The Labute approximate surface area is 227 Å². The van der Waals surface area contributed by atoms with E-state index in [1.807, 2.05) is 0 Å². The maximum absolute atomic E-state index is 13.2. The van der Waals surface area contributed by atoms with Crippen molar-refractivity contribution < 1.29 is 27.9 Å². The van der Waals surface area contributed by atoms with Gasteiger partial charge < -0.3 is 28.4 Å². The first-order valence-corrected chi connectivity index (χ1v) is 17.0. The highest BCUT2D eigenvalue weighted by Gasteiger charge is 2.31. The maximum atomic E-state index is 13.2. The van der Waals surface area contributed by atoms with Gasteiger partial charge in [0.2, 0.25) is 5.75 Å². The van der Waals surface area contributed by atoms with Gasteiger partial charge in [-0.2, -0.15) is 0 Å². The molecule has 0 saturated heterocycles. The molecule has 0 fully saturated rings. The van der Waals surface area contributed by atoms with Crippen molar-refractivity contribution >= 4 is 25.4 Å². The van der Waals surface area contributed by atoms with Crippen LogP contribution in [0, 0.1) is 19.3 Å². The molecule has 2 rings (SSSR count). The summed E-state index contributed by atoms with van der Waals surface area (Å²) in [6.45, 7) is 13.5. The van der Waals surface area contributed by atoms with Crippen LogP contribution in [-0.4, -0.2) is 59.6 Å². The van der Waals surface area contributed by atoms with Crippen molar-refractivity contribution in [3.8, 4) is 17.2 Å². The van der Waals surface area contributed by atoms with Gasteiger partial charge in [0.1, 0.15) is 6.29 Å². The van der Waals surface area contributed by atoms with Crippen LogP contribution in [0.3, 0.4) is 0 Å². The van der Waals surface area contributed by atoms with Crippen molar-refractivity contribution in [1.82, 2.24) is 5.32 Å². The number of nitrogens with one attached hydrogen (secondary N) is 1. The van der Waals surface area contributed by atoms with E-state index in [4.69, 9.17) is 23.1 Å². The number of carbonyl (C=O) groups excluding carboxylic acids is 1. The van der Waals surface area contributed by atoms with Gasteiger partial charge in [-0.1, -0.05) is 45.1 Å². The summed E-state index contributed by atoms with van der Waals surface area (Å²) in [6.07, 6.45) is 1.65. The normalized spacial score (nSPS) is 13.8. The molecule has 2 aromatic rings. The van der Waals surface area contributed by atoms with Crippen LogP contribution in [0.15, 0.2) is 30.3 Å². The fraction of sp³-hybridized carbons (Fsp3) is 0.536. The van der Waals surface area contributed by atoms with Gasteiger partial charge in [0.15, 0.2) is 31.0 Å². The Kier molecular flexibility index (Phi) is 12.2. The van der Waals surface area contributed by atoms with E-state index >= 15 is 0 Å². The molecule has 1 N–H and O–H groups in total. The largest absolute Gasteiger partial charge is 0.493 e. The molecule has 0 spiro atoms. The Morgan fingerprint density at radius 1 is 0.919 bits per heavy atom. The zero-order chi connectivity index (χ0) is 27.6. The van der Waals surface area contributed by atoms with Crippen LogP contribution in [0.1, 0.15) is 59.7 Å². The molecule has 0 aliphatic heterocycles. The van der Waals surface area contributed by atoms with E-state index in [2.05, 4.69) is 64.3 Å². The maximum Gasteiger partial charge on any atom is 0.251 e.